The molecular formula is C27H35N7O2S. The van der Waals surface area contributed by atoms with E-state index in [-0.39, 0.29) is 11.8 Å². The summed E-state index contributed by atoms with van der Waals surface area (Å²) in [7, 11) is 9.85. The van der Waals surface area contributed by atoms with E-state index in [1.165, 1.54) is 6.08 Å². The first-order valence-corrected chi connectivity index (χ1v) is 13.1. The summed E-state index contributed by atoms with van der Waals surface area (Å²) in [5, 5.41) is 13.2. The molecule has 1 aliphatic rings. The van der Waals surface area contributed by atoms with Gasteiger partial charge in [0.05, 0.1) is 23.0 Å². The molecule has 4 rings (SSSR count). The van der Waals surface area contributed by atoms with Gasteiger partial charge in [-0.3, -0.25) is 9.48 Å². The number of anilines is 1. The van der Waals surface area contributed by atoms with Gasteiger partial charge in [-0.1, -0.05) is 6.58 Å². The van der Waals surface area contributed by atoms with Crippen molar-refractivity contribution in [2.75, 3.05) is 53.2 Å². The summed E-state index contributed by atoms with van der Waals surface area (Å²) in [5.41, 5.74) is 4.60. The number of nitrogens with one attached hydrogen (secondary N) is 2. The molecule has 9 nitrogen and oxygen atoms in total. The first-order valence-electron chi connectivity index (χ1n) is 12.2. The normalized spacial score (nSPS) is 15.9. The number of carbonyl (C=O) groups is 1. The maximum absolute atomic E-state index is 12.3. The summed E-state index contributed by atoms with van der Waals surface area (Å²) in [6.45, 7) is 6.27. The van der Waals surface area contributed by atoms with Gasteiger partial charge in [0.1, 0.15) is 17.3 Å². The van der Waals surface area contributed by atoms with Crippen LogP contribution in [0.4, 0.5) is 5.82 Å². The van der Waals surface area contributed by atoms with Gasteiger partial charge < -0.3 is 25.2 Å². The molecule has 0 saturated heterocycles. The van der Waals surface area contributed by atoms with E-state index in [9.17, 15) is 4.79 Å². The first-order chi connectivity index (χ1) is 17.8. The van der Waals surface area contributed by atoms with Crippen LogP contribution in [-0.2, 0) is 16.6 Å². The van der Waals surface area contributed by atoms with Crippen LogP contribution >= 0.6 is 11.3 Å². The number of amides is 1. The number of nitrogens with zero attached hydrogens (tertiary/aromatic N) is 5. The monoisotopic (exact) mass is 521 g/mol. The zero-order chi connectivity index (χ0) is 26.5. The lowest BCUT2D eigenvalue weighted by Crippen LogP contribution is -2.37. The van der Waals surface area contributed by atoms with Crippen molar-refractivity contribution in [3.8, 4) is 11.3 Å². The molecule has 2 N–H and O–H groups in total. The van der Waals surface area contributed by atoms with Gasteiger partial charge in [-0.05, 0) is 56.9 Å². The van der Waals surface area contributed by atoms with Crippen LogP contribution < -0.4 is 10.6 Å². The van der Waals surface area contributed by atoms with E-state index in [1.807, 2.05) is 29.9 Å². The van der Waals surface area contributed by atoms with E-state index in [0.717, 1.165) is 58.3 Å². The summed E-state index contributed by atoms with van der Waals surface area (Å²) >= 11 is 1.68. The van der Waals surface area contributed by atoms with E-state index < -0.39 is 0 Å². The van der Waals surface area contributed by atoms with Gasteiger partial charge in [-0.2, -0.15) is 5.10 Å². The van der Waals surface area contributed by atoms with Crippen molar-refractivity contribution < 1.29 is 9.53 Å². The minimum absolute atomic E-state index is 0.0662. The molecule has 1 amide bonds. The fourth-order valence-electron chi connectivity index (χ4n) is 4.39. The Bertz CT molecular complexity index is 1340. The highest BCUT2D eigenvalue weighted by molar-refractivity contribution is 7.17. The van der Waals surface area contributed by atoms with Crippen molar-refractivity contribution in [1.82, 2.24) is 29.9 Å². The lowest BCUT2D eigenvalue weighted by atomic mass is 9.92. The van der Waals surface area contributed by atoms with Gasteiger partial charge >= 0.3 is 0 Å². The Morgan fingerprint density at radius 2 is 2.14 bits per heavy atom. The number of fused-ring (bicyclic) bond motifs is 1. The number of likely N-dealkylation sites (N-methyl/N-ethyl adjacent to an activating group) is 2. The summed E-state index contributed by atoms with van der Waals surface area (Å²) < 4.78 is 8.84. The Balaban J connectivity index is 1.60. The van der Waals surface area contributed by atoms with Crippen molar-refractivity contribution in [1.29, 1.82) is 0 Å². The topological polar surface area (TPSA) is 87.5 Å². The van der Waals surface area contributed by atoms with E-state index in [0.29, 0.717) is 12.2 Å². The van der Waals surface area contributed by atoms with Gasteiger partial charge in [0.2, 0.25) is 5.91 Å². The largest absolute Gasteiger partial charge is 0.499 e. The van der Waals surface area contributed by atoms with E-state index in [2.05, 4.69) is 64.6 Å². The summed E-state index contributed by atoms with van der Waals surface area (Å²) in [6.07, 6.45) is 5.65. The number of thiophene rings is 1. The van der Waals surface area contributed by atoms with Crippen molar-refractivity contribution >= 4 is 33.3 Å². The number of aromatic nitrogens is 3. The lowest BCUT2D eigenvalue weighted by molar-refractivity contribution is -0.116. The predicted octanol–water partition coefficient (Wildman–Crippen LogP) is 3.67. The molecule has 10 heteroatoms. The summed E-state index contributed by atoms with van der Waals surface area (Å²) in [6, 6.07) is 6.02. The Hall–Kier alpha value is -3.47. The molecule has 0 radical (unpaired) electrons. The van der Waals surface area contributed by atoms with Crippen molar-refractivity contribution in [2.24, 2.45) is 13.0 Å². The zero-order valence-corrected chi connectivity index (χ0v) is 22.9. The van der Waals surface area contributed by atoms with Crippen molar-refractivity contribution in [3.05, 3.63) is 65.7 Å². The number of pyridine rings is 1. The third-order valence-corrected chi connectivity index (χ3v) is 7.30. The quantitative estimate of drug-likeness (QED) is 0.372. The Morgan fingerprint density at radius 1 is 1.32 bits per heavy atom. The van der Waals surface area contributed by atoms with Gasteiger partial charge in [0.25, 0.3) is 0 Å². The average molecular weight is 522 g/mol. The van der Waals surface area contributed by atoms with Gasteiger partial charge in [-0.25, -0.2) is 4.98 Å². The average Bonchev–Trinajstić information content (AvgIpc) is 3.48. The number of methoxy groups -OCH3 is 1. The smallest absolute Gasteiger partial charge is 0.247 e. The number of hydrogen-bond donors (Lipinski definition) is 2. The molecule has 0 bridgehead atoms. The molecule has 1 unspecified atom stereocenters. The molecule has 0 aliphatic heterocycles. The van der Waals surface area contributed by atoms with E-state index >= 15 is 0 Å². The van der Waals surface area contributed by atoms with Crippen molar-refractivity contribution in [2.45, 2.75) is 6.42 Å². The molecule has 196 valence electrons. The van der Waals surface area contributed by atoms with Crippen LogP contribution in [0.5, 0.6) is 0 Å². The summed E-state index contributed by atoms with van der Waals surface area (Å²) in [4.78, 5) is 21.2. The van der Waals surface area contributed by atoms with Gasteiger partial charge in [0, 0.05) is 56.5 Å². The third-order valence-electron chi connectivity index (χ3n) is 6.39. The number of allylic oxidation sites excluding steroid dienone is 2. The molecule has 0 spiro atoms. The highest BCUT2D eigenvalue weighted by Gasteiger charge is 2.27. The predicted molar refractivity (Wildman–Crippen MR) is 150 cm³/mol. The first kappa shape index (κ1) is 26.6. The molecule has 1 atom stereocenters. The molecule has 0 saturated carbocycles. The number of hydrogen-bond acceptors (Lipinski definition) is 8. The van der Waals surface area contributed by atoms with Crippen LogP contribution in [0.15, 0.2) is 65.7 Å². The maximum Gasteiger partial charge on any atom is 0.247 e. The van der Waals surface area contributed by atoms with Crippen LogP contribution in [0.25, 0.3) is 21.5 Å². The fraction of sp³-hybridized carbons (Fsp3) is 0.370. The van der Waals surface area contributed by atoms with Gasteiger partial charge in [-0.15, -0.1) is 11.3 Å². The highest BCUT2D eigenvalue weighted by Crippen LogP contribution is 2.34. The molecule has 3 aromatic rings. The standard InChI is InChI=1S/C27H35N7O2S/c1-7-25(35)30-20-16-21(23(36-6)14-19(20)17-33(4)12-11-32(2)3)29-24-15-18(8-10-28-24)26-27-22(9-13-37-27)34(5)31-26/h7-10,13,15-16,19H,1,11-12,14,17H2,2-6H3,(H,28,29)(H,30,35). The lowest BCUT2D eigenvalue weighted by Gasteiger charge is -2.31. The van der Waals surface area contributed by atoms with Crippen LogP contribution in [0.2, 0.25) is 0 Å². The molecule has 1 aliphatic carbocycles. The van der Waals surface area contributed by atoms with Crippen LogP contribution in [-0.4, -0.2) is 78.4 Å². The molecule has 0 fully saturated rings. The second-order valence-corrected chi connectivity index (χ2v) is 10.4. The molecule has 3 heterocycles. The second kappa shape index (κ2) is 11.7. The minimum atomic E-state index is -0.234. The highest BCUT2D eigenvalue weighted by atomic mass is 32.1. The van der Waals surface area contributed by atoms with Crippen molar-refractivity contribution in [3.63, 3.8) is 0 Å². The Morgan fingerprint density at radius 3 is 2.86 bits per heavy atom. The van der Waals surface area contributed by atoms with E-state index in [1.54, 1.807) is 24.6 Å². The number of ether oxygens (including phenoxy) is 1. The summed E-state index contributed by atoms with van der Waals surface area (Å²) in [5.74, 6) is 1.32. The fourth-order valence-corrected chi connectivity index (χ4v) is 5.31. The molecule has 37 heavy (non-hydrogen) atoms. The molecular weight excluding hydrogens is 486 g/mol. The Labute approximate surface area is 222 Å². The van der Waals surface area contributed by atoms with Gasteiger partial charge in [0.15, 0.2) is 0 Å². The SMILES string of the molecule is C=CC(=O)NC1=CC(Nc2cc(-c3nn(C)c4ccsc34)ccn2)=C(OC)CC1CN(C)CCN(C)C. The maximum atomic E-state index is 12.3. The molecule has 3 aromatic heterocycles. The zero-order valence-electron chi connectivity index (χ0n) is 22.1. The Kier molecular flexibility index (Phi) is 8.42. The second-order valence-electron chi connectivity index (χ2n) is 9.46. The van der Waals surface area contributed by atoms with Crippen LogP contribution in [0.3, 0.4) is 0 Å². The molecule has 0 aromatic carbocycles. The third kappa shape index (κ3) is 6.27. The number of rotatable bonds is 11. The number of aryl methyl sites for hydroxylation is 1. The minimum Gasteiger partial charge on any atom is -0.499 e. The van der Waals surface area contributed by atoms with E-state index in [4.69, 9.17) is 9.84 Å². The number of carbonyl (C=O) groups excluding carboxylic acids is 1. The van der Waals surface area contributed by atoms with Crippen LogP contribution in [0, 0.1) is 5.92 Å². The van der Waals surface area contributed by atoms with Crippen LogP contribution in [0.1, 0.15) is 6.42 Å².